The Hall–Kier alpha value is -2.37. The van der Waals surface area contributed by atoms with Gasteiger partial charge in [0.05, 0.1) is 18.4 Å². The van der Waals surface area contributed by atoms with Crippen LogP contribution in [0.5, 0.6) is 0 Å². The topological polar surface area (TPSA) is 75.7 Å². The van der Waals surface area contributed by atoms with Crippen LogP contribution in [0.1, 0.15) is 44.6 Å². The lowest BCUT2D eigenvalue weighted by molar-refractivity contribution is -0.148. The van der Waals surface area contributed by atoms with E-state index in [0.29, 0.717) is 25.6 Å². The van der Waals surface area contributed by atoms with Gasteiger partial charge in [-0.2, -0.15) is 0 Å². The molecule has 0 radical (unpaired) electrons. The van der Waals surface area contributed by atoms with Crippen molar-refractivity contribution in [3.05, 3.63) is 35.9 Å². The third kappa shape index (κ3) is 5.12. The molecule has 2 fully saturated rings. The van der Waals surface area contributed by atoms with Crippen molar-refractivity contribution in [2.75, 3.05) is 19.7 Å². The van der Waals surface area contributed by atoms with E-state index in [0.717, 1.165) is 31.2 Å². The quantitative estimate of drug-likeness (QED) is 0.696. The molecule has 1 aromatic carbocycles. The Morgan fingerprint density at radius 3 is 2.61 bits per heavy atom. The Kier molecular flexibility index (Phi) is 7.06. The molecule has 2 unspecified atom stereocenters. The number of benzene rings is 1. The first-order valence-electron chi connectivity index (χ1n) is 10.4. The fourth-order valence-electron chi connectivity index (χ4n) is 4.24. The molecule has 1 saturated carbocycles. The highest BCUT2D eigenvalue weighted by Crippen LogP contribution is 2.29. The number of nitrogens with one attached hydrogen (secondary N) is 1. The molecule has 1 aromatic rings. The zero-order valence-electron chi connectivity index (χ0n) is 16.6. The van der Waals surface area contributed by atoms with Crippen LogP contribution in [0, 0.1) is 11.8 Å². The smallest absolute Gasteiger partial charge is 0.311 e. The predicted octanol–water partition coefficient (Wildman–Crippen LogP) is 2.32. The number of esters is 1. The Labute approximate surface area is 166 Å². The van der Waals surface area contributed by atoms with E-state index in [1.165, 1.54) is 0 Å². The number of amides is 2. The first-order chi connectivity index (χ1) is 13.6. The molecule has 1 heterocycles. The van der Waals surface area contributed by atoms with E-state index in [4.69, 9.17) is 4.74 Å². The number of carbonyl (C=O) groups excluding carboxylic acids is 3. The van der Waals surface area contributed by atoms with Crippen LogP contribution in [0.2, 0.25) is 0 Å². The van der Waals surface area contributed by atoms with Crippen LogP contribution in [0.4, 0.5) is 0 Å². The summed E-state index contributed by atoms with van der Waals surface area (Å²) in [4.78, 5) is 39.2. The summed E-state index contributed by atoms with van der Waals surface area (Å²) in [6.07, 6.45) is 5.19. The zero-order valence-corrected chi connectivity index (χ0v) is 16.6. The molecule has 6 heteroatoms. The fraction of sp³-hybridized carbons (Fsp3) is 0.591. The van der Waals surface area contributed by atoms with Gasteiger partial charge >= 0.3 is 5.97 Å². The lowest BCUT2D eigenvalue weighted by Gasteiger charge is -2.24. The SMILES string of the molecule is CCOC(=O)C(CNC(=O)C1CC(=O)N(C2CCCC2)C1)Cc1ccccc1. The van der Waals surface area contributed by atoms with Crippen molar-refractivity contribution in [1.29, 1.82) is 0 Å². The molecule has 1 saturated heterocycles. The summed E-state index contributed by atoms with van der Waals surface area (Å²) in [6, 6.07) is 10.0. The van der Waals surface area contributed by atoms with Gasteiger partial charge in [-0.05, 0) is 31.7 Å². The highest BCUT2D eigenvalue weighted by Gasteiger charge is 2.38. The molecule has 3 rings (SSSR count). The average molecular weight is 386 g/mol. The van der Waals surface area contributed by atoms with Gasteiger partial charge in [-0.1, -0.05) is 43.2 Å². The van der Waals surface area contributed by atoms with Crippen molar-refractivity contribution < 1.29 is 19.1 Å². The van der Waals surface area contributed by atoms with Crippen molar-refractivity contribution in [2.45, 2.75) is 51.5 Å². The minimum atomic E-state index is -0.436. The fourth-order valence-corrected chi connectivity index (χ4v) is 4.24. The highest BCUT2D eigenvalue weighted by molar-refractivity contribution is 5.89. The maximum absolute atomic E-state index is 12.6. The molecule has 1 aliphatic heterocycles. The Morgan fingerprint density at radius 1 is 1.21 bits per heavy atom. The van der Waals surface area contributed by atoms with Gasteiger partial charge in [0, 0.05) is 25.6 Å². The summed E-state index contributed by atoms with van der Waals surface area (Å²) in [7, 11) is 0. The third-order valence-corrected chi connectivity index (χ3v) is 5.76. The summed E-state index contributed by atoms with van der Waals surface area (Å²) < 4.78 is 5.18. The van der Waals surface area contributed by atoms with Crippen molar-refractivity contribution in [3.8, 4) is 0 Å². The first-order valence-corrected chi connectivity index (χ1v) is 10.4. The molecular weight excluding hydrogens is 356 g/mol. The van der Waals surface area contributed by atoms with Crippen molar-refractivity contribution in [1.82, 2.24) is 10.2 Å². The minimum absolute atomic E-state index is 0.0817. The molecule has 1 N–H and O–H groups in total. The Morgan fingerprint density at radius 2 is 1.93 bits per heavy atom. The Bertz CT molecular complexity index is 685. The third-order valence-electron chi connectivity index (χ3n) is 5.76. The number of hydrogen-bond acceptors (Lipinski definition) is 4. The molecule has 2 amide bonds. The van der Waals surface area contributed by atoms with Gasteiger partial charge in [-0.15, -0.1) is 0 Å². The second kappa shape index (κ2) is 9.71. The maximum atomic E-state index is 12.6. The van der Waals surface area contributed by atoms with Crippen molar-refractivity contribution >= 4 is 17.8 Å². The van der Waals surface area contributed by atoms with Gasteiger partial charge in [0.1, 0.15) is 0 Å². The minimum Gasteiger partial charge on any atom is -0.466 e. The van der Waals surface area contributed by atoms with Gasteiger partial charge in [-0.3, -0.25) is 14.4 Å². The van der Waals surface area contributed by atoms with Gasteiger partial charge in [-0.25, -0.2) is 0 Å². The van der Waals surface area contributed by atoms with Crippen LogP contribution in [0.25, 0.3) is 0 Å². The first kappa shape index (κ1) is 20.4. The van der Waals surface area contributed by atoms with Crippen LogP contribution in [-0.4, -0.2) is 48.4 Å². The van der Waals surface area contributed by atoms with Crippen LogP contribution in [0.15, 0.2) is 30.3 Å². The molecule has 0 aromatic heterocycles. The summed E-state index contributed by atoms with van der Waals surface area (Å²) in [5.41, 5.74) is 1.03. The molecule has 28 heavy (non-hydrogen) atoms. The summed E-state index contributed by atoms with van der Waals surface area (Å²) >= 11 is 0. The largest absolute Gasteiger partial charge is 0.466 e. The van der Waals surface area contributed by atoms with Crippen molar-refractivity contribution in [2.24, 2.45) is 11.8 Å². The van der Waals surface area contributed by atoms with E-state index in [1.807, 2.05) is 35.2 Å². The molecule has 2 atom stereocenters. The van der Waals surface area contributed by atoms with E-state index in [-0.39, 0.29) is 36.7 Å². The standard InChI is InChI=1S/C22H30N2O4/c1-2-28-22(27)17(12-16-8-4-3-5-9-16)14-23-21(26)18-13-20(25)24(15-18)19-10-6-7-11-19/h3-5,8-9,17-19H,2,6-7,10-15H2,1H3,(H,23,26). The number of hydrogen-bond donors (Lipinski definition) is 1. The highest BCUT2D eigenvalue weighted by atomic mass is 16.5. The molecule has 0 bridgehead atoms. The van der Waals surface area contributed by atoms with E-state index < -0.39 is 5.92 Å². The summed E-state index contributed by atoms with van der Waals surface area (Å²) in [5.74, 6) is -1.13. The molecule has 0 spiro atoms. The zero-order chi connectivity index (χ0) is 19.9. The van der Waals surface area contributed by atoms with Gasteiger partial charge < -0.3 is 15.0 Å². The second-order valence-electron chi connectivity index (χ2n) is 7.77. The van der Waals surface area contributed by atoms with Gasteiger partial charge in [0.2, 0.25) is 11.8 Å². The van der Waals surface area contributed by atoms with Crippen molar-refractivity contribution in [3.63, 3.8) is 0 Å². The number of rotatable bonds is 8. The summed E-state index contributed by atoms with van der Waals surface area (Å²) in [6.45, 7) is 2.81. The number of nitrogens with zero attached hydrogens (tertiary/aromatic N) is 1. The maximum Gasteiger partial charge on any atom is 0.311 e. The lowest BCUT2D eigenvalue weighted by Crippen LogP contribution is -2.40. The second-order valence-corrected chi connectivity index (χ2v) is 7.77. The van der Waals surface area contributed by atoms with Crippen LogP contribution in [0.3, 0.4) is 0 Å². The predicted molar refractivity (Wildman–Crippen MR) is 105 cm³/mol. The lowest BCUT2D eigenvalue weighted by atomic mass is 9.98. The molecular formula is C22H30N2O4. The molecule has 152 valence electrons. The number of carbonyl (C=O) groups is 3. The van der Waals surface area contributed by atoms with Gasteiger partial charge in [0.25, 0.3) is 0 Å². The van der Waals surface area contributed by atoms with E-state index >= 15 is 0 Å². The van der Waals surface area contributed by atoms with Gasteiger partial charge in [0.15, 0.2) is 0 Å². The van der Waals surface area contributed by atoms with E-state index in [2.05, 4.69) is 5.32 Å². The normalized spacial score (nSPS) is 21.0. The molecule has 6 nitrogen and oxygen atoms in total. The van der Waals surface area contributed by atoms with Crippen LogP contribution >= 0.6 is 0 Å². The average Bonchev–Trinajstić information content (AvgIpc) is 3.35. The molecule has 2 aliphatic rings. The van der Waals surface area contributed by atoms with Crippen LogP contribution < -0.4 is 5.32 Å². The number of ether oxygens (including phenoxy) is 1. The van der Waals surface area contributed by atoms with E-state index in [1.54, 1.807) is 6.92 Å². The molecule has 1 aliphatic carbocycles. The van der Waals surface area contributed by atoms with E-state index in [9.17, 15) is 14.4 Å². The monoisotopic (exact) mass is 386 g/mol. The Balaban J connectivity index is 1.55. The van der Waals surface area contributed by atoms with Crippen LogP contribution in [-0.2, 0) is 25.5 Å². The summed E-state index contributed by atoms with van der Waals surface area (Å²) in [5, 5.41) is 2.90. The number of likely N-dealkylation sites (tertiary alicyclic amines) is 1.